The van der Waals surface area contributed by atoms with Crippen LogP contribution in [-0.2, 0) is 13.1 Å². The van der Waals surface area contributed by atoms with Gasteiger partial charge in [0.05, 0.1) is 23.5 Å². The summed E-state index contributed by atoms with van der Waals surface area (Å²) in [4.78, 5) is 14.9. The molecule has 2 aromatic rings. The molecule has 1 N–H and O–H groups in total. The number of hydrogen-bond acceptors (Lipinski definition) is 4. The van der Waals surface area contributed by atoms with E-state index in [1.54, 1.807) is 24.7 Å². The number of nitrogens with one attached hydrogen (secondary N) is 1. The van der Waals surface area contributed by atoms with Crippen LogP contribution in [0.2, 0.25) is 0 Å². The Hall–Kier alpha value is -2.21. The summed E-state index contributed by atoms with van der Waals surface area (Å²) in [6.45, 7) is 7.39. The van der Waals surface area contributed by atoms with Crippen LogP contribution in [0.25, 0.3) is 0 Å². The van der Waals surface area contributed by atoms with Gasteiger partial charge in [0.25, 0.3) is 5.69 Å². The highest BCUT2D eigenvalue weighted by atomic mass is 16.6. The number of para-hydroxylation sites is 1. The zero-order chi connectivity index (χ0) is 15.5. The predicted molar refractivity (Wildman–Crippen MR) is 81.0 cm³/mol. The Bertz CT molecular complexity index is 629. The molecule has 0 saturated carbocycles. The molecule has 0 saturated heterocycles. The van der Waals surface area contributed by atoms with Crippen LogP contribution in [0.15, 0.2) is 36.8 Å². The number of nitro benzene ring substituents is 1. The van der Waals surface area contributed by atoms with Gasteiger partial charge in [-0.05, 0) is 20.8 Å². The smallest absolute Gasteiger partial charge is 0.274 e. The van der Waals surface area contributed by atoms with Crippen molar-refractivity contribution in [1.29, 1.82) is 0 Å². The molecule has 0 atom stereocenters. The zero-order valence-corrected chi connectivity index (χ0v) is 12.5. The van der Waals surface area contributed by atoms with E-state index in [1.807, 2.05) is 10.6 Å². The van der Waals surface area contributed by atoms with Crippen molar-refractivity contribution in [3.05, 3.63) is 58.2 Å². The van der Waals surface area contributed by atoms with Gasteiger partial charge in [-0.25, -0.2) is 4.98 Å². The van der Waals surface area contributed by atoms with Gasteiger partial charge in [0.1, 0.15) is 0 Å². The summed E-state index contributed by atoms with van der Waals surface area (Å²) < 4.78 is 1.93. The maximum absolute atomic E-state index is 11.1. The molecule has 112 valence electrons. The van der Waals surface area contributed by atoms with Crippen LogP contribution in [0.5, 0.6) is 0 Å². The van der Waals surface area contributed by atoms with Crippen molar-refractivity contribution in [3.8, 4) is 0 Å². The molecule has 0 aliphatic heterocycles. The molecule has 0 unspecified atom stereocenters. The lowest BCUT2D eigenvalue weighted by Crippen LogP contribution is -2.35. The average molecular weight is 288 g/mol. The van der Waals surface area contributed by atoms with Crippen molar-refractivity contribution in [3.63, 3.8) is 0 Å². The highest BCUT2D eigenvalue weighted by Crippen LogP contribution is 2.19. The highest BCUT2D eigenvalue weighted by Gasteiger charge is 2.15. The number of aromatic nitrogens is 2. The molecule has 0 aliphatic rings. The maximum atomic E-state index is 11.1. The lowest BCUT2D eigenvalue weighted by molar-refractivity contribution is -0.385. The molecular weight excluding hydrogens is 268 g/mol. The van der Waals surface area contributed by atoms with E-state index in [0.717, 1.165) is 5.69 Å². The van der Waals surface area contributed by atoms with Crippen molar-refractivity contribution in [2.24, 2.45) is 0 Å². The first-order valence-corrected chi connectivity index (χ1v) is 6.83. The van der Waals surface area contributed by atoms with Gasteiger partial charge in [-0.3, -0.25) is 10.1 Å². The lowest BCUT2D eigenvalue weighted by atomic mass is 10.1. The van der Waals surface area contributed by atoms with Gasteiger partial charge >= 0.3 is 0 Å². The third kappa shape index (κ3) is 4.13. The van der Waals surface area contributed by atoms with Gasteiger partial charge in [-0.1, -0.05) is 18.2 Å². The second kappa shape index (κ2) is 6.05. The largest absolute Gasteiger partial charge is 0.329 e. The molecule has 0 bridgehead atoms. The molecule has 0 spiro atoms. The average Bonchev–Trinajstić information content (AvgIpc) is 2.83. The molecule has 0 amide bonds. The Morgan fingerprint density at radius 1 is 1.33 bits per heavy atom. The minimum Gasteiger partial charge on any atom is -0.329 e. The van der Waals surface area contributed by atoms with E-state index in [2.05, 4.69) is 31.1 Å². The molecular formula is C15H20N4O2. The van der Waals surface area contributed by atoms with Crippen LogP contribution in [0.3, 0.4) is 0 Å². The van der Waals surface area contributed by atoms with Gasteiger partial charge < -0.3 is 9.88 Å². The molecule has 2 rings (SSSR count). The number of hydrogen-bond donors (Lipinski definition) is 1. The first-order valence-electron chi connectivity index (χ1n) is 6.83. The summed E-state index contributed by atoms with van der Waals surface area (Å²) in [5.41, 5.74) is 1.83. The summed E-state index contributed by atoms with van der Waals surface area (Å²) in [5, 5.41) is 14.5. The van der Waals surface area contributed by atoms with Crippen molar-refractivity contribution in [2.45, 2.75) is 39.4 Å². The van der Waals surface area contributed by atoms with E-state index in [-0.39, 0.29) is 16.1 Å². The minimum atomic E-state index is -0.348. The van der Waals surface area contributed by atoms with Crippen molar-refractivity contribution < 1.29 is 4.92 Å². The number of imidazole rings is 1. The standard InChI is InChI=1S/C15H20N4O2/c1-15(2,3)17-9-13-8-16-11-18(13)10-12-6-4-5-7-14(12)19(20)21/h4-8,11,17H,9-10H2,1-3H3. The molecule has 0 fully saturated rings. The summed E-state index contributed by atoms with van der Waals surface area (Å²) in [6, 6.07) is 6.79. The van der Waals surface area contributed by atoms with Crippen LogP contribution < -0.4 is 5.32 Å². The first kappa shape index (κ1) is 15.2. The third-order valence-electron chi connectivity index (χ3n) is 3.13. The summed E-state index contributed by atoms with van der Waals surface area (Å²) in [7, 11) is 0. The number of rotatable bonds is 5. The van der Waals surface area contributed by atoms with Crippen LogP contribution in [0, 0.1) is 10.1 Å². The van der Waals surface area contributed by atoms with E-state index in [1.165, 1.54) is 6.07 Å². The fourth-order valence-electron chi connectivity index (χ4n) is 2.00. The van der Waals surface area contributed by atoms with Crippen LogP contribution in [0.1, 0.15) is 32.0 Å². The Morgan fingerprint density at radius 2 is 2.05 bits per heavy atom. The predicted octanol–water partition coefficient (Wildman–Crippen LogP) is 2.73. The zero-order valence-electron chi connectivity index (χ0n) is 12.5. The van der Waals surface area contributed by atoms with Crippen LogP contribution in [-0.4, -0.2) is 20.0 Å². The topological polar surface area (TPSA) is 73.0 Å². The molecule has 6 heteroatoms. The van der Waals surface area contributed by atoms with Crippen LogP contribution >= 0.6 is 0 Å². The number of nitro groups is 1. The maximum Gasteiger partial charge on any atom is 0.274 e. The Kier molecular flexibility index (Phi) is 4.37. The van der Waals surface area contributed by atoms with E-state index in [0.29, 0.717) is 18.7 Å². The fraction of sp³-hybridized carbons (Fsp3) is 0.400. The Balaban J connectivity index is 2.18. The highest BCUT2D eigenvalue weighted by molar-refractivity contribution is 5.40. The summed E-state index contributed by atoms with van der Waals surface area (Å²) in [5.74, 6) is 0. The van der Waals surface area contributed by atoms with E-state index >= 15 is 0 Å². The second-order valence-electron chi connectivity index (χ2n) is 6.00. The quantitative estimate of drug-likeness (QED) is 0.678. The Morgan fingerprint density at radius 3 is 2.71 bits per heavy atom. The molecule has 0 radical (unpaired) electrons. The third-order valence-corrected chi connectivity index (χ3v) is 3.13. The van der Waals surface area contributed by atoms with Crippen molar-refractivity contribution in [1.82, 2.24) is 14.9 Å². The molecule has 1 aromatic carbocycles. The van der Waals surface area contributed by atoms with Crippen molar-refractivity contribution >= 4 is 5.69 Å². The molecule has 1 heterocycles. The molecule has 21 heavy (non-hydrogen) atoms. The molecule has 0 aliphatic carbocycles. The lowest BCUT2D eigenvalue weighted by Gasteiger charge is -2.21. The molecule has 1 aromatic heterocycles. The fourth-order valence-corrected chi connectivity index (χ4v) is 2.00. The monoisotopic (exact) mass is 288 g/mol. The Labute approximate surface area is 124 Å². The van der Waals surface area contributed by atoms with Gasteiger partial charge in [0.2, 0.25) is 0 Å². The van der Waals surface area contributed by atoms with Gasteiger partial charge in [-0.15, -0.1) is 0 Å². The SMILES string of the molecule is CC(C)(C)NCc1cncn1Cc1ccccc1[N+](=O)[O-]. The summed E-state index contributed by atoms with van der Waals surface area (Å²) >= 11 is 0. The van der Waals surface area contributed by atoms with E-state index < -0.39 is 0 Å². The number of benzene rings is 1. The summed E-state index contributed by atoms with van der Waals surface area (Å²) in [6.07, 6.45) is 3.49. The van der Waals surface area contributed by atoms with Crippen molar-refractivity contribution in [2.75, 3.05) is 0 Å². The van der Waals surface area contributed by atoms with Gasteiger partial charge in [0.15, 0.2) is 0 Å². The van der Waals surface area contributed by atoms with Gasteiger partial charge in [-0.2, -0.15) is 0 Å². The first-order chi connectivity index (χ1) is 9.87. The second-order valence-corrected chi connectivity index (χ2v) is 6.00. The van der Waals surface area contributed by atoms with Crippen LogP contribution in [0.4, 0.5) is 5.69 Å². The van der Waals surface area contributed by atoms with E-state index in [9.17, 15) is 10.1 Å². The number of nitrogens with zero attached hydrogens (tertiary/aromatic N) is 3. The minimum absolute atomic E-state index is 0.00778. The normalized spacial score (nSPS) is 11.6. The van der Waals surface area contributed by atoms with Gasteiger partial charge in [0, 0.05) is 29.9 Å². The molecule has 6 nitrogen and oxygen atoms in total. The van der Waals surface area contributed by atoms with E-state index in [4.69, 9.17) is 0 Å².